The monoisotopic (exact) mass is 236 g/mol. The molecule has 1 rings (SSSR count). The van der Waals surface area contributed by atoms with E-state index in [9.17, 15) is 9.59 Å². The minimum absolute atomic E-state index is 0.00713. The maximum Gasteiger partial charge on any atom is 0.245 e. The van der Waals surface area contributed by atoms with Crippen molar-refractivity contribution in [2.75, 3.05) is 13.1 Å². The van der Waals surface area contributed by atoms with Crippen LogP contribution in [0.15, 0.2) is 0 Å². The maximum absolute atomic E-state index is 12.2. The van der Waals surface area contributed by atoms with E-state index in [1.807, 2.05) is 13.8 Å². The number of amides is 2. The Bertz CT molecular complexity index is 352. The van der Waals surface area contributed by atoms with Gasteiger partial charge in [-0.2, -0.15) is 0 Å². The first-order valence-electron chi connectivity index (χ1n) is 6.02. The van der Waals surface area contributed by atoms with E-state index in [0.29, 0.717) is 31.8 Å². The van der Waals surface area contributed by atoms with Crippen molar-refractivity contribution in [3.05, 3.63) is 0 Å². The molecule has 1 aliphatic rings. The topological polar surface area (TPSA) is 49.4 Å². The molecule has 4 nitrogen and oxygen atoms in total. The minimum atomic E-state index is -0.386. The van der Waals surface area contributed by atoms with Crippen LogP contribution in [0, 0.1) is 17.8 Å². The predicted octanol–water partition coefficient (Wildman–Crippen LogP) is 0.773. The van der Waals surface area contributed by atoms with Gasteiger partial charge in [-0.05, 0) is 19.3 Å². The Morgan fingerprint density at radius 3 is 2.76 bits per heavy atom. The molecule has 17 heavy (non-hydrogen) atoms. The molecule has 1 N–H and O–H groups in total. The summed E-state index contributed by atoms with van der Waals surface area (Å²) in [7, 11) is 0. The first-order chi connectivity index (χ1) is 8.04. The fourth-order valence-electron chi connectivity index (χ4n) is 1.86. The van der Waals surface area contributed by atoms with Gasteiger partial charge in [0.2, 0.25) is 11.8 Å². The van der Waals surface area contributed by atoms with Gasteiger partial charge in [-0.25, -0.2) is 0 Å². The van der Waals surface area contributed by atoms with Crippen molar-refractivity contribution >= 4 is 11.8 Å². The molecule has 0 spiro atoms. The molecule has 0 aromatic carbocycles. The summed E-state index contributed by atoms with van der Waals surface area (Å²) in [6, 6.07) is -0.386. The van der Waals surface area contributed by atoms with Gasteiger partial charge in [-0.15, -0.1) is 5.92 Å². The average molecular weight is 236 g/mol. The van der Waals surface area contributed by atoms with Gasteiger partial charge < -0.3 is 10.2 Å². The Morgan fingerprint density at radius 2 is 2.18 bits per heavy atom. The van der Waals surface area contributed by atoms with Crippen LogP contribution in [0.1, 0.15) is 33.6 Å². The van der Waals surface area contributed by atoms with E-state index in [2.05, 4.69) is 17.2 Å². The van der Waals surface area contributed by atoms with E-state index in [4.69, 9.17) is 0 Å². The van der Waals surface area contributed by atoms with Crippen LogP contribution in [-0.2, 0) is 9.59 Å². The lowest BCUT2D eigenvalue weighted by Gasteiger charge is -2.23. The molecule has 2 amide bonds. The van der Waals surface area contributed by atoms with Gasteiger partial charge in [-0.3, -0.25) is 9.59 Å². The predicted molar refractivity (Wildman–Crippen MR) is 66.0 cm³/mol. The Morgan fingerprint density at radius 1 is 1.47 bits per heavy atom. The fourth-order valence-corrected chi connectivity index (χ4v) is 1.86. The molecule has 1 heterocycles. The smallest absolute Gasteiger partial charge is 0.245 e. The largest absolute Gasteiger partial charge is 0.344 e. The lowest BCUT2D eigenvalue weighted by atomic mass is 10.0. The average Bonchev–Trinajstić information content (AvgIpc) is 2.38. The minimum Gasteiger partial charge on any atom is -0.344 e. The summed E-state index contributed by atoms with van der Waals surface area (Å²) in [5, 5.41) is 2.79. The van der Waals surface area contributed by atoms with Crippen LogP contribution >= 0.6 is 0 Å². The van der Waals surface area contributed by atoms with Gasteiger partial charge in [-0.1, -0.05) is 19.8 Å². The quantitative estimate of drug-likeness (QED) is 0.736. The first kappa shape index (κ1) is 13.6. The second-order valence-electron chi connectivity index (χ2n) is 4.69. The summed E-state index contributed by atoms with van der Waals surface area (Å²) in [4.78, 5) is 25.4. The summed E-state index contributed by atoms with van der Waals surface area (Å²) in [6.45, 7) is 6.71. The molecule has 1 aliphatic heterocycles. The zero-order chi connectivity index (χ0) is 12.8. The molecule has 0 aromatic rings. The van der Waals surface area contributed by atoms with Crippen molar-refractivity contribution in [1.82, 2.24) is 10.2 Å². The summed E-state index contributed by atoms with van der Waals surface area (Å²) < 4.78 is 0. The summed E-state index contributed by atoms with van der Waals surface area (Å²) in [5.74, 6) is 5.98. The Labute approximate surface area is 103 Å². The molecule has 1 unspecified atom stereocenters. The number of rotatable bonds is 3. The standard InChI is InChI=1S/C13H20N2O2/c1-4-5-7-15-8-6-12(16)14-11(13(15)17)9-10(2)3/h10-11H,6-9H2,1-3H3,(H,14,16). The molecule has 0 bridgehead atoms. The number of nitrogens with one attached hydrogen (secondary N) is 1. The van der Waals surface area contributed by atoms with E-state index in [1.54, 1.807) is 11.8 Å². The Balaban J connectivity index is 2.76. The van der Waals surface area contributed by atoms with Gasteiger partial charge in [0.15, 0.2) is 0 Å². The second-order valence-corrected chi connectivity index (χ2v) is 4.69. The third-order valence-corrected chi connectivity index (χ3v) is 2.71. The molecule has 0 aromatic heterocycles. The van der Waals surface area contributed by atoms with Gasteiger partial charge in [0.1, 0.15) is 6.04 Å². The summed E-state index contributed by atoms with van der Waals surface area (Å²) in [5.41, 5.74) is 0. The normalized spacial score (nSPS) is 20.7. The third-order valence-electron chi connectivity index (χ3n) is 2.71. The lowest BCUT2D eigenvalue weighted by Crippen LogP contribution is -2.45. The SMILES string of the molecule is CC#CCN1CCC(=O)NC(CC(C)C)C1=O. The number of nitrogens with zero attached hydrogens (tertiary/aromatic N) is 1. The maximum atomic E-state index is 12.2. The van der Waals surface area contributed by atoms with Crippen LogP contribution in [0.3, 0.4) is 0 Å². The fraction of sp³-hybridized carbons (Fsp3) is 0.692. The van der Waals surface area contributed by atoms with Crippen molar-refractivity contribution in [2.45, 2.75) is 39.7 Å². The van der Waals surface area contributed by atoms with Crippen LogP contribution in [0.5, 0.6) is 0 Å². The second kappa shape index (κ2) is 6.29. The Kier molecular flexibility index (Phi) is 5.02. The van der Waals surface area contributed by atoms with E-state index in [-0.39, 0.29) is 17.9 Å². The number of hydrogen-bond acceptors (Lipinski definition) is 2. The molecular weight excluding hydrogens is 216 g/mol. The zero-order valence-corrected chi connectivity index (χ0v) is 10.7. The van der Waals surface area contributed by atoms with E-state index >= 15 is 0 Å². The molecule has 0 aliphatic carbocycles. The third kappa shape index (κ3) is 4.10. The number of hydrogen-bond donors (Lipinski definition) is 1. The van der Waals surface area contributed by atoms with Crippen LogP contribution in [0.25, 0.3) is 0 Å². The highest BCUT2D eigenvalue weighted by atomic mass is 16.2. The van der Waals surface area contributed by atoms with E-state index in [0.717, 1.165) is 0 Å². The highest BCUT2D eigenvalue weighted by Crippen LogP contribution is 2.11. The molecule has 94 valence electrons. The number of carbonyl (C=O) groups excluding carboxylic acids is 2. The Hall–Kier alpha value is -1.50. The molecular formula is C13H20N2O2. The first-order valence-corrected chi connectivity index (χ1v) is 6.02. The highest BCUT2D eigenvalue weighted by molar-refractivity contribution is 5.90. The molecule has 0 saturated carbocycles. The van der Waals surface area contributed by atoms with Crippen molar-refractivity contribution < 1.29 is 9.59 Å². The van der Waals surface area contributed by atoms with Crippen molar-refractivity contribution in [3.8, 4) is 11.8 Å². The molecule has 1 fully saturated rings. The lowest BCUT2D eigenvalue weighted by molar-refractivity contribution is -0.133. The van der Waals surface area contributed by atoms with Crippen LogP contribution in [0.4, 0.5) is 0 Å². The summed E-state index contributed by atoms with van der Waals surface area (Å²) in [6.07, 6.45) is 1.05. The zero-order valence-electron chi connectivity index (χ0n) is 10.7. The van der Waals surface area contributed by atoms with Gasteiger partial charge in [0.05, 0.1) is 6.54 Å². The van der Waals surface area contributed by atoms with Crippen molar-refractivity contribution in [3.63, 3.8) is 0 Å². The highest BCUT2D eigenvalue weighted by Gasteiger charge is 2.29. The molecule has 0 radical (unpaired) electrons. The van der Waals surface area contributed by atoms with E-state index < -0.39 is 0 Å². The molecule has 1 saturated heterocycles. The van der Waals surface area contributed by atoms with Gasteiger partial charge >= 0.3 is 0 Å². The van der Waals surface area contributed by atoms with E-state index in [1.165, 1.54) is 0 Å². The van der Waals surface area contributed by atoms with Crippen LogP contribution < -0.4 is 5.32 Å². The summed E-state index contributed by atoms with van der Waals surface area (Å²) >= 11 is 0. The van der Waals surface area contributed by atoms with Gasteiger partial charge in [0, 0.05) is 13.0 Å². The molecule has 4 heteroatoms. The van der Waals surface area contributed by atoms with Gasteiger partial charge in [0.25, 0.3) is 0 Å². The van der Waals surface area contributed by atoms with Crippen molar-refractivity contribution in [2.24, 2.45) is 5.92 Å². The van der Waals surface area contributed by atoms with Crippen LogP contribution in [-0.4, -0.2) is 35.8 Å². The van der Waals surface area contributed by atoms with Crippen LogP contribution in [0.2, 0.25) is 0 Å². The number of carbonyl (C=O) groups is 2. The molecule has 1 atom stereocenters. The van der Waals surface area contributed by atoms with Crippen molar-refractivity contribution in [1.29, 1.82) is 0 Å².